The van der Waals surface area contributed by atoms with Crippen molar-refractivity contribution in [3.8, 4) is 17.7 Å². The standard InChI is InChI=1S/C12H7F3N4O/c13-12(14,15)8-3-7(4-16)1-2-9(8)20-11-6-18-5-10(17)19-11/h1-3,5-6H,(H2,17,19). The smallest absolute Gasteiger partial charge is 0.420 e. The van der Waals surface area contributed by atoms with Gasteiger partial charge in [0.2, 0.25) is 5.88 Å². The molecular weight excluding hydrogens is 273 g/mol. The average Bonchev–Trinajstić information content (AvgIpc) is 2.38. The van der Waals surface area contributed by atoms with Crippen LogP contribution in [0.2, 0.25) is 0 Å². The van der Waals surface area contributed by atoms with Gasteiger partial charge in [-0.25, -0.2) is 0 Å². The summed E-state index contributed by atoms with van der Waals surface area (Å²) in [5.74, 6) is -0.624. The summed E-state index contributed by atoms with van der Waals surface area (Å²) in [6.45, 7) is 0. The highest BCUT2D eigenvalue weighted by atomic mass is 19.4. The van der Waals surface area contributed by atoms with Crippen LogP contribution in [0.1, 0.15) is 11.1 Å². The van der Waals surface area contributed by atoms with Crippen LogP contribution < -0.4 is 10.5 Å². The lowest BCUT2D eigenvalue weighted by Gasteiger charge is -2.13. The Bertz CT molecular complexity index is 679. The van der Waals surface area contributed by atoms with E-state index >= 15 is 0 Å². The fourth-order valence-electron chi connectivity index (χ4n) is 1.43. The summed E-state index contributed by atoms with van der Waals surface area (Å²) in [7, 11) is 0. The lowest BCUT2D eigenvalue weighted by atomic mass is 10.1. The maximum absolute atomic E-state index is 12.9. The van der Waals surface area contributed by atoms with E-state index in [1.54, 1.807) is 6.07 Å². The Morgan fingerprint density at radius 1 is 1.25 bits per heavy atom. The second-order valence-corrected chi connectivity index (χ2v) is 3.70. The molecule has 20 heavy (non-hydrogen) atoms. The van der Waals surface area contributed by atoms with Gasteiger partial charge >= 0.3 is 6.18 Å². The Kier molecular flexibility index (Phi) is 3.43. The number of benzene rings is 1. The third-order valence-electron chi connectivity index (χ3n) is 2.26. The van der Waals surface area contributed by atoms with Gasteiger partial charge in [-0.1, -0.05) is 0 Å². The van der Waals surface area contributed by atoms with E-state index in [1.807, 2.05) is 0 Å². The molecule has 0 unspecified atom stereocenters. The van der Waals surface area contributed by atoms with Gasteiger partial charge in [-0.2, -0.15) is 23.4 Å². The molecule has 0 saturated heterocycles. The second-order valence-electron chi connectivity index (χ2n) is 3.70. The van der Waals surface area contributed by atoms with Crippen LogP contribution in [-0.4, -0.2) is 9.97 Å². The van der Waals surface area contributed by atoms with Gasteiger partial charge in [0, 0.05) is 0 Å². The van der Waals surface area contributed by atoms with Crippen molar-refractivity contribution >= 4 is 5.82 Å². The predicted octanol–water partition coefficient (Wildman–Crippen LogP) is 2.74. The number of anilines is 1. The van der Waals surface area contributed by atoms with Crippen LogP contribution in [0, 0.1) is 11.3 Å². The summed E-state index contributed by atoms with van der Waals surface area (Å²) in [4.78, 5) is 7.35. The molecule has 0 aliphatic rings. The van der Waals surface area contributed by atoms with Crippen LogP contribution in [0.15, 0.2) is 30.6 Å². The lowest BCUT2D eigenvalue weighted by molar-refractivity contribution is -0.138. The van der Waals surface area contributed by atoms with Crippen LogP contribution in [0.4, 0.5) is 19.0 Å². The van der Waals surface area contributed by atoms with Crippen molar-refractivity contribution in [2.24, 2.45) is 0 Å². The summed E-state index contributed by atoms with van der Waals surface area (Å²) < 4.78 is 43.7. The molecule has 5 nitrogen and oxygen atoms in total. The van der Waals surface area contributed by atoms with Gasteiger partial charge in [0.1, 0.15) is 11.6 Å². The number of nitrogen functional groups attached to an aromatic ring is 1. The van der Waals surface area contributed by atoms with Crippen molar-refractivity contribution in [2.75, 3.05) is 5.73 Å². The summed E-state index contributed by atoms with van der Waals surface area (Å²) in [5.41, 5.74) is 4.17. The molecule has 0 aliphatic heterocycles. The summed E-state index contributed by atoms with van der Waals surface area (Å²) >= 11 is 0. The zero-order valence-corrected chi connectivity index (χ0v) is 9.85. The number of ether oxygens (including phenoxy) is 1. The molecule has 1 aromatic heterocycles. The molecule has 0 saturated carbocycles. The molecule has 0 spiro atoms. The number of alkyl halides is 3. The summed E-state index contributed by atoms with van der Waals surface area (Å²) in [5, 5.41) is 8.65. The highest BCUT2D eigenvalue weighted by molar-refractivity contribution is 5.45. The number of nitrogens with two attached hydrogens (primary N) is 1. The van der Waals surface area contributed by atoms with Gasteiger partial charge in [-0.15, -0.1) is 0 Å². The molecule has 0 radical (unpaired) electrons. The third kappa shape index (κ3) is 2.95. The number of nitrogens with zero attached hydrogens (tertiary/aromatic N) is 3. The van der Waals surface area contributed by atoms with Crippen molar-refractivity contribution in [3.05, 3.63) is 41.7 Å². The van der Waals surface area contributed by atoms with Gasteiger partial charge in [-0.05, 0) is 18.2 Å². The minimum atomic E-state index is -4.66. The van der Waals surface area contributed by atoms with E-state index in [0.717, 1.165) is 12.3 Å². The number of rotatable bonds is 2. The number of hydrogen-bond donors (Lipinski definition) is 1. The molecule has 0 atom stereocenters. The van der Waals surface area contributed by atoms with Crippen LogP contribution in [0.25, 0.3) is 0 Å². The number of aromatic nitrogens is 2. The highest BCUT2D eigenvalue weighted by Gasteiger charge is 2.35. The topological polar surface area (TPSA) is 84.8 Å². The molecule has 0 amide bonds. The van der Waals surface area contributed by atoms with Crippen LogP contribution in [0.5, 0.6) is 11.6 Å². The van der Waals surface area contributed by atoms with Gasteiger partial charge in [0.15, 0.2) is 0 Å². The van der Waals surface area contributed by atoms with Crippen LogP contribution in [-0.2, 0) is 6.18 Å². The normalized spacial score (nSPS) is 10.9. The summed E-state index contributed by atoms with van der Waals surface area (Å²) in [6.07, 6.45) is -2.29. The highest BCUT2D eigenvalue weighted by Crippen LogP contribution is 2.38. The van der Waals surface area contributed by atoms with Crippen molar-refractivity contribution in [1.29, 1.82) is 5.26 Å². The zero-order chi connectivity index (χ0) is 14.8. The van der Waals surface area contributed by atoms with E-state index in [-0.39, 0.29) is 17.3 Å². The van der Waals surface area contributed by atoms with Gasteiger partial charge in [0.05, 0.1) is 29.6 Å². The van der Waals surface area contributed by atoms with Crippen molar-refractivity contribution < 1.29 is 17.9 Å². The molecule has 2 N–H and O–H groups in total. The van der Waals surface area contributed by atoms with E-state index in [1.165, 1.54) is 12.3 Å². The zero-order valence-electron chi connectivity index (χ0n) is 9.85. The SMILES string of the molecule is N#Cc1ccc(Oc2cncc(N)n2)c(C(F)(F)F)c1. The first-order chi connectivity index (χ1) is 9.40. The maximum atomic E-state index is 12.9. The minimum absolute atomic E-state index is 0.0182. The first-order valence-electron chi connectivity index (χ1n) is 5.27. The Morgan fingerprint density at radius 2 is 2.00 bits per heavy atom. The van der Waals surface area contributed by atoms with Gasteiger partial charge in [-0.3, -0.25) is 4.98 Å². The molecule has 0 aliphatic carbocycles. The van der Waals surface area contributed by atoms with Crippen molar-refractivity contribution in [3.63, 3.8) is 0 Å². The van der Waals surface area contributed by atoms with E-state index in [9.17, 15) is 13.2 Å². The van der Waals surface area contributed by atoms with E-state index < -0.39 is 17.5 Å². The molecule has 2 aromatic rings. The largest absolute Gasteiger partial charge is 0.437 e. The van der Waals surface area contributed by atoms with E-state index in [2.05, 4.69) is 9.97 Å². The quantitative estimate of drug-likeness (QED) is 0.914. The van der Waals surface area contributed by atoms with Crippen molar-refractivity contribution in [1.82, 2.24) is 9.97 Å². The molecule has 0 fully saturated rings. The number of nitriles is 1. The molecule has 1 heterocycles. The molecule has 0 bridgehead atoms. The fraction of sp³-hybridized carbons (Fsp3) is 0.0833. The first kappa shape index (κ1) is 13.6. The number of halogens is 3. The minimum Gasteiger partial charge on any atom is -0.437 e. The maximum Gasteiger partial charge on any atom is 0.420 e. The van der Waals surface area contributed by atoms with E-state index in [4.69, 9.17) is 15.7 Å². The van der Waals surface area contributed by atoms with Crippen molar-refractivity contribution in [2.45, 2.75) is 6.18 Å². The first-order valence-corrected chi connectivity index (χ1v) is 5.27. The predicted molar refractivity (Wildman–Crippen MR) is 62.7 cm³/mol. The van der Waals surface area contributed by atoms with Crippen LogP contribution in [0.3, 0.4) is 0 Å². The van der Waals surface area contributed by atoms with Crippen LogP contribution >= 0.6 is 0 Å². The molecule has 2 rings (SSSR count). The number of hydrogen-bond acceptors (Lipinski definition) is 5. The Morgan fingerprint density at radius 3 is 2.60 bits per heavy atom. The van der Waals surface area contributed by atoms with E-state index in [0.29, 0.717) is 6.07 Å². The Hall–Kier alpha value is -2.82. The Labute approximate surface area is 111 Å². The molecule has 102 valence electrons. The monoisotopic (exact) mass is 280 g/mol. The third-order valence-corrected chi connectivity index (χ3v) is 2.26. The molecule has 1 aromatic carbocycles. The van der Waals surface area contributed by atoms with Gasteiger partial charge < -0.3 is 10.5 Å². The van der Waals surface area contributed by atoms with Gasteiger partial charge in [0.25, 0.3) is 0 Å². The fourth-order valence-corrected chi connectivity index (χ4v) is 1.43. The summed E-state index contributed by atoms with van der Waals surface area (Å²) in [6, 6.07) is 4.60. The average molecular weight is 280 g/mol. The molecule has 8 heteroatoms. The molecular formula is C12H7F3N4O. The second kappa shape index (κ2) is 5.05. The Balaban J connectivity index is 2.44. The lowest BCUT2D eigenvalue weighted by Crippen LogP contribution is -2.08.